The van der Waals surface area contributed by atoms with Crippen LogP contribution in [0.15, 0.2) is 0 Å². The first-order chi connectivity index (χ1) is 51.5. The number of ketones is 15. The van der Waals surface area contributed by atoms with Crippen molar-refractivity contribution >= 4 is 92.7 Å². The first-order valence-electron chi connectivity index (χ1n) is 43.5. The average Bonchev–Trinajstić information content (AvgIpc) is 0.827. The first-order valence-corrected chi connectivity index (χ1v) is 43.5. The van der Waals surface area contributed by atoms with Crippen LogP contribution in [0.1, 0.15) is 376 Å². The van der Waals surface area contributed by atoms with Gasteiger partial charge in [0.15, 0.2) is 0 Å². The van der Waals surface area contributed by atoms with Gasteiger partial charge in [0.25, 0.3) is 0 Å². The fourth-order valence-electron chi connectivity index (χ4n) is 16.3. The Balaban J connectivity index is 6.62. The summed E-state index contributed by atoms with van der Waals surface area (Å²) < 4.78 is 4.93. The molecule has 0 aromatic carbocycles. The monoisotopic (exact) mass is 1600 g/mol. The molecule has 0 aliphatic rings. The lowest BCUT2D eigenvalue weighted by atomic mass is 9.70. The molecule has 0 aromatic rings. The van der Waals surface area contributed by atoms with Crippen LogP contribution in [0, 0.1) is 138 Å². The summed E-state index contributed by atoms with van der Waals surface area (Å²) in [7, 11) is 1.26. The van der Waals surface area contributed by atoms with Gasteiger partial charge in [0, 0.05) is 182 Å². The van der Waals surface area contributed by atoms with Crippen LogP contribution in [0.5, 0.6) is 0 Å². The Morgan fingerprint density at radius 1 is 0.193 bits per heavy atom. The number of hydrogen-bond donors (Lipinski definition) is 0. The van der Waals surface area contributed by atoms with Gasteiger partial charge in [-0.15, -0.1) is 0 Å². The molecule has 0 N–H and O–H groups in total. The van der Waals surface area contributed by atoms with Crippen molar-refractivity contribution < 1.29 is 81.4 Å². The molecule has 0 spiro atoms. The maximum atomic E-state index is 14.7. The van der Waals surface area contributed by atoms with Crippen LogP contribution in [-0.4, -0.2) is 99.8 Å². The van der Waals surface area contributed by atoms with E-state index in [0.717, 1.165) is 0 Å². The highest BCUT2D eigenvalue weighted by Crippen LogP contribution is 2.42. The first kappa shape index (κ1) is 109. The second-order valence-corrected chi connectivity index (χ2v) is 43.9. The maximum Gasteiger partial charge on any atom is 0.311 e. The molecule has 0 rings (SSSR count). The van der Waals surface area contributed by atoms with Gasteiger partial charge in [-0.1, -0.05) is 215 Å². The minimum absolute atomic E-state index is 0.00132. The number of carbonyl (C=O) groups is 16. The standard InChI is InChI=1S/C97H164O17/c1-58(2)35-66(17)74(98)50-90(18,19)82(106)43-67(36-59(3)4)75(99)51-91(20,21)83(107)44-68(37-60(5)6)76(100)52-92(22,23)84(108)45-69(38-61(7)8)77(101)53-93(24,25)85(109)46-70(39-62(9)10)78(102)54-94(26,27)86(110)47-71(40-63(11)12)79(103)55-95(28,29)87(111)48-72(41-64(13)14)80(104)56-96(30,31)88(112)49-73(42-65(15)16)81(105)57-97(32,33)89(113)114-34/h58-73H,35-57H2,1-34H3. The van der Waals surface area contributed by atoms with E-state index < -0.39 is 90.7 Å². The zero-order chi connectivity index (χ0) is 89.4. The number of rotatable bonds is 62. The number of esters is 1. The van der Waals surface area contributed by atoms with Gasteiger partial charge in [0.1, 0.15) is 86.7 Å². The second kappa shape index (κ2) is 46.2. The van der Waals surface area contributed by atoms with Gasteiger partial charge in [-0.2, -0.15) is 0 Å². The summed E-state index contributed by atoms with van der Waals surface area (Å²) in [5.74, 6) is -9.51. The van der Waals surface area contributed by atoms with E-state index in [0.29, 0.717) is 57.3 Å². The summed E-state index contributed by atoms with van der Waals surface area (Å²) in [6.45, 7) is 60.1. The minimum Gasteiger partial charge on any atom is -0.469 e. The minimum atomic E-state index is -1.27. The number of carbonyl (C=O) groups excluding carboxylic acids is 16. The van der Waals surface area contributed by atoms with E-state index in [-0.39, 0.29) is 230 Å². The molecule has 0 heterocycles. The highest BCUT2D eigenvalue weighted by molar-refractivity contribution is 6.02. The lowest BCUT2D eigenvalue weighted by Crippen LogP contribution is -2.38. The van der Waals surface area contributed by atoms with Crippen molar-refractivity contribution in [3.63, 3.8) is 0 Å². The van der Waals surface area contributed by atoms with E-state index in [9.17, 15) is 76.7 Å². The van der Waals surface area contributed by atoms with Gasteiger partial charge in [0.05, 0.1) is 12.5 Å². The second-order valence-electron chi connectivity index (χ2n) is 43.9. The third-order valence-electron chi connectivity index (χ3n) is 23.8. The average molecular weight is 1600 g/mol. The van der Waals surface area contributed by atoms with Gasteiger partial charge in [-0.05, 0) is 113 Å². The molecular weight excluding hydrogens is 1440 g/mol. The smallest absolute Gasteiger partial charge is 0.311 e. The summed E-state index contributed by atoms with van der Waals surface area (Å²) in [5, 5.41) is 0. The van der Waals surface area contributed by atoms with Crippen LogP contribution < -0.4 is 0 Å². The number of Topliss-reactive ketones (excluding diaryl/α,β-unsaturated/α-hetero) is 15. The fourth-order valence-corrected chi connectivity index (χ4v) is 16.3. The Bertz CT molecular complexity index is 3310. The van der Waals surface area contributed by atoms with Crippen LogP contribution in [-0.2, 0) is 81.4 Å². The largest absolute Gasteiger partial charge is 0.469 e. The summed E-state index contributed by atoms with van der Waals surface area (Å²) in [4.78, 5) is 228. The highest BCUT2D eigenvalue weighted by Gasteiger charge is 2.46. The third kappa shape index (κ3) is 38.1. The Morgan fingerprint density at radius 3 is 0.439 bits per heavy atom. The van der Waals surface area contributed by atoms with Crippen molar-refractivity contribution in [2.24, 2.45) is 138 Å². The summed E-state index contributed by atoms with van der Waals surface area (Å²) in [6.07, 6.45) is 1.00. The van der Waals surface area contributed by atoms with E-state index in [1.54, 1.807) is 111 Å². The molecule has 0 aliphatic heterocycles. The summed E-state index contributed by atoms with van der Waals surface area (Å²) >= 11 is 0. The molecular formula is C97H164O17. The molecule has 654 valence electrons. The van der Waals surface area contributed by atoms with Crippen LogP contribution in [0.3, 0.4) is 0 Å². The Morgan fingerprint density at radius 2 is 0.316 bits per heavy atom. The fraction of sp³-hybridized carbons (Fsp3) is 0.835. The van der Waals surface area contributed by atoms with E-state index in [1.807, 2.05) is 104 Å². The van der Waals surface area contributed by atoms with Crippen molar-refractivity contribution in [2.45, 2.75) is 376 Å². The quantitative estimate of drug-likeness (QED) is 0.0511. The van der Waals surface area contributed by atoms with Crippen molar-refractivity contribution in [1.82, 2.24) is 0 Å². The van der Waals surface area contributed by atoms with Gasteiger partial charge in [-0.3, -0.25) is 76.7 Å². The summed E-state index contributed by atoms with van der Waals surface area (Å²) in [6, 6.07) is 0. The van der Waals surface area contributed by atoms with E-state index in [1.165, 1.54) is 7.11 Å². The maximum absolute atomic E-state index is 14.7. The number of hydrogen-bond acceptors (Lipinski definition) is 17. The molecule has 17 nitrogen and oxygen atoms in total. The number of ether oxygens (including phenoxy) is 1. The zero-order valence-corrected chi connectivity index (χ0v) is 78.4. The Labute approximate surface area is 691 Å². The molecule has 0 fully saturated rings. The lowest BCUT2D eigenvalue weighted by Gasteiger charge is -2.32. The topological polar surface area (TPSA) is 282 Å². The Kier molecular flexibility index (Phi) is 44.0. The molecule has 114 heavy (non-hydrogen) atoms. The molecule has 0 amide bonds. The van der Waals surface area contributed by atoms with Crippen molar-refractivity contribution in [3.8, 4) is 0 Å². The molecule has 0 aliphatic carbocycles. The molecule has 0 bridgehead atoms. The van der Waals surface area contributed by atoms with Crippen LogP contribution in [0.25, 0.3) is 0 Å². The van der Waals surface area contributed by atoms with E-state index >= 15 is 0 Å². The lowest BCUT2D eigenvalue weighted by molar-refractivity contribution is -0.153. The number of methoxy groups -OCH3 is 1. The van der Waals surface area contributed by atoms with Crippen LogP contribution in [0.2, 0.25) is 0 Å². The third-order valence-corrected chi connectivity index (χ3v) is 23.8. The molecule has 0 radical (unpaired) electrons. The van der Waals surface area contributed by atoms with E-state index in [2.05, 4.69) is 13.8 Å². The highest BCUT2D eigenvalue weighted by atomic mass is 16.5. The molecule has 8 unspecified atom stereocenters. The van der Waals surface area contributed by atoms with Gasteiger partial charge in [0.2, 0.25) is 0 Å². The van der Waals surface area contributed by atoms with Crippen LogP contribution >= 0.6 is 0 Å². The van der Waals surface area contributed by atoms with Crippen molar-refractivity contribution in [2.75, 3.05) is 7.11 Å². The van der Waals surface area contributed by atoms with Gasteiger partial charge in [-0.25, -0.2) is 0 Å². The normalized spacial score (nSPS) is 15.2. The SMILES string of the molecule is COC(=O)C(C)(C)CC(=O)C(CC(=O)C(C)(C)CC(=O)C(CC(=O)C(C)(C)CC(=O)C(CC(=O)C(C)(C)CC(=O)C(CC(=O)C(C)(C)CC(=O)C(CC(=O)C(C)(C)CC(=O)C(CC(=O)C(C)(C)CC(=O)C(CC(=O)C(C)(C)CC(=O)C(C)CC(C)C)CC(C)C)CC(C)C)CC(C)C)CC(C)C)CC(C)C)CC(C)C)CC(C)C. The molecule has 0 saturated carbocycles. The zero-order valence-electron chi connectivity index (χ0n) is 78.4. The molecule has 0 saturated heterocycles. The molecule has 17 heteroatoms. The summed E-state index contributed by atoms with van der Waals surface area (Å²) in [5.41, 5.74) is -9.50. The van der Waals surface area contributed by atoms with E-state index in [4.69, 9.17) is 4.74 Å². The Hall–Kier alpha value is -5.48. The molecule has 8 atom stereocenters. The van der Waals surface area contributed by atoms with Gasteiger partial charge >= 0.3 is 5.97 Å². The predicted octanol–water partition coefficient (Wildman–Crippen LogP) is 21.1. The van der Waals surface area contributed by atoms with Crippen LogP contribution in [0.4, 0.5) is 0 Å². The van der Waals surface area contributed by atoms with Gasteiger partial charge < -0.3 is 4.74 Å². The predicted molar refractivity (Wildman–Crippen MR) is 456 cm³/mol. The van der Waals surface area contributed by atoms with Crippen molar-refractivity contribution in [3.05, 3.63) is 0 Å². The van der Waals surface area contributed by atoms with Crippen molar-refractivity contribution in [1.29, 1.82) is 0 Å². The molecule has 0 aromatic heterocycles.